The van der Waals surface area contributed by atoms with Crippen molar-refractivity contribution in [1.82, 2.24) is 0 Å². The lowest BCUT2D eigenvalue weighted by atomic mass is 10.1. The highest BCUT2D eigenvalue weighted by molar-refractivity contribution is 9.10. The average molecular weight is 350 g/mol. The van der Waals surface area contributed by atoms with Crippen LogP contribution in [0, 0.1) is 6.92 Å². The molecule has 0 bridgehead atoms. The van der Waals surface area contributed by atoms with Crippen LogP contribution in [0.15, 0.2) is 40.9 Å². The molecule has 0 atom stereocenters. The predicted molar refractivity (Wildman–Crippen MR) is 87.6 cm³/mol. The Bertz CT molecular complexity index is 674. The van der Waals surface area contributed by atoms with Crippen LogP contribution in [0.1, 0.15) is 15.9 Å². The Morgan fingerprint density at radius 1 is 1.24 bits per heavy atom. The predicted octanol–water partition coefficient (Wildman–Crippen LogP) is 3.30. The van der Waals surface area contributed by atoms with E-state index in [1.165, 1.54) is 0 Å². The Kier molecular flexibility index (Phi) is 4.82. The minimum atomic E-state index is -0.243. The fourth-order valence-electron chi connectivity index (χ4n) is 1.91. The van der Waals surface area contributed by atoms with Crippen molar-refractivity contribution in [2.75, 3.05) is 17.9 Å². The maximum Gasteiger partial charge on any atom is 0.257 e. The number of rotatable bonds is 4. The van der Waals surface area contributed by atoms with Crippen molar-refractivity contribution in [2.45, 2.75) is 6.92 Å². The summed E-state index contributed by atoms with van der Waals surface area (Å²) in [6.07, 6.45) is 0. The molecule has 21 heavy (non-hydrogen) atoms. The third-order valence-corrected chi connectivity index (χ3v) is 3.64. The summed E-state index contributed by atoms with van der Waals surface area (Å²) >= 11 is 3.37. The van der Waals surface area contributed by atoms with E-state index >= 15 is 0 Å². The third-order valence-electron chi connectivity index (χ3n) is 2.98. The fraction of sp³-hybridized carbons (Fsp3) is 0.133. The number of nitrogens with two attached hydrogens (primary N) is 1. The first-order valence-electron chi connectivity index (χ1n) is 6.27. The number of aryl methyl sites for hydroxylation is 1. The number of hydrogen-bond acceptors (Lipinski definition) is 4. The molecule has 110 valence electrons. The van der Waals surface area contributed by atoms with Crippen LogP contribution in [0.5, 0.6) is 5.75 Å². The van der Waals surface area contributed by atoms with Crippen LogP contribution in [0.25, 0.3) is 0 Å². The van der Waals surface area contributed by atoms with Crippen LogP contribution in [0.4, 0.5) is 11.4 Å². The van der Waals surface area contributed by atoms with Crippen LogP contribution < -0.4 is 21.3 Å². The van der Waals surface area contributed by atoms with Gasteiger partial charge in [0.05, 0.1) is 22.8 Å². The number of carbonyl (C=O) groups is 1. The SMILES string of the molecule is COc1cc(NC(=O)c2ccc(C)cc2NN)ccc1Br. The summed E-state index contributed by atoms with van der Waals surface area (Å²) in [5.41, 5.74) is 5.26. The first-order valence-corrected chi connectivity index (χ1v) is 7.06. The van der Waals surface area contributed by atoms with E-state index in [1.807, 2.05) is 25.1 Å². The van der Waals surface area contributed by atoms with Gasteiger partial charge in [-0.25, -0.2) is 0 Å². The number of nitrogens with one attached hydrogen (secondary N) is 2. The van der Waals surface area contributed by atoms with Gasteiger partial charge in [-0.2, -0.15) is 0 Å². The molecule has 0 unspecified atom stereocenters. The van der Waals surface area contributed by atoms with Gasteiger partial charge >= 0.3 is 0 Å². The first kappa shape index (κ1) is 15.3. The number of anilines is 2. The summed E-state index contributed by atoms with van der Waals surface area (Å²) in [5.74, 6) is 5.86. The number of nitrogen functional groups attached to an aromatic ring is 1. The number of ether oxygens (including phenoxy) is 1. The maximum atomic E-state index is 12.3. The second kappa shape index (κ2) is 6.60. The summed E-state index contributed by atoms with van der Waals surface area (Å²) in [5, 5.41) is 2.82. The van der Waals surface area contributed by atoms with E-state index in [9.17, 15) is 4.79 Å². The number of hydrogen-bond donors (Lipinski definition) is 3. The maximum absolute atomic E-state index is 12.3. The van der Waals surface area contributed by atoms with Gasteiger partial charge in [0.2, 0.25) is 0 Å². The van der Waals surface area contributed by atoms with E-state index in [-0.39, 0.29) is 5.91 Å². The molecule has 0 aliphatic rings. The van der Waals surface area contributed by atoms with Gasteiger partial charge < -0.3 is 15.5 Å². The lowest BCUT2D eigenvalue weighted by molar-refractivity contribution is 0.102. The van der Waals surface area contributed by atoms with E-state index < -0.39 is 0 Å². The number of carbonyl (C=O) groups excluding carboxylic acids is 1. The lowest BCUT2D eigenvalue weighted by Gasteiger charge is -2.12. The molecular formula is C15H16BrN3O2. The monoisotopic (exact) mass is 349 g/mol. The Morgan fingerprint density at radius 3 is 2.67 bits per heavy atom. The smallest absolute Gasteiger partial charge is 0.257 e. The molecule has 0 aliphatic heterocycles. The number of benzene rings is 2. The van der Waals surface area contributed by atoms with Gasteiger partial charge in [0.15, 0.2) is 0 Å². The number of halogens is 1. The summed E-state index contributed by atoms with van der Waals surface area (Å²) in [7, 11) is 1.57. The molecule has 2 aromatic carbocycles. The third kappa shape index (κ3) is 3.53. The molecule has 2 rings (SSSR count). The Balaban J connectivity index is 2.26. The fourth-order valence-corrected chi connectivity index (χ4v) is 2.32. The number of hydrazine groups is 1. The molecule has 5 nitrogen and oxygen atoms in total. The van der Waals surface area contributed by atoms with Gasteiger partial charge in [-0.15, -0.1) is 0 Å². The van der Waals surface area contributed by atoms with Crippen molar-refractivity contribution >= 4 is 33.2 Å². The Labute approximate surface area is 131 Å². The zero-order chi connectivity index (χ0) is 15.4. The van der Waals surface area contributed by atoms with Crippen LogP contribution in [-0.4, -0.2) is 13.0 Å². The van der Waals surface area contributed by atoms with Crippen molar-refractivity contribution in [3.63, 3.8) is 0 Å². The molecule has 0 aliphatic carbocycles. The lowest BCUT2D eigenvalue weighted by Crippen LogP contribution is -2.17. The summed E-state index contributed by atoms with van der Waals surface area (Å²) in [6.45, 7) is 1.93. The number of amides is 1. The topological polar surface area (TPSA) is 76.4 Å². The molecule has 0 saturated carbocycles. The molecule has 4 N–H and O–H groups in total. The van der Waals surface area contributed by atoms with Crippen molar-refractivity contribution < 1.29 is 9.53 Å². The summed E-state index contributed by atoms with van der Waals surface area (Å²) in [4.78, 5) is 12.3. The van der Waals surface area contributed by atoms with Crippen LogP contribution in [0.3, 0.4) is 0 Å². The van der Waals surface area contributed by atoms with Crippen LogP contribution >= 0.6 is 15.9 Å². The van der Waals surface area contributed by atoms with Crippen molar-refractivity contribution in [3.8, 4) is 5.75 Å². The minimum Gasteiger partial charge on any atom is -0.495 e. The normalized spacial score (nSPS) is 10.1. The highest BCUT2D eigenvalue weighted by atomic mass is 79.9. The van der Waals surface area contributed by atoms with E-state index in [2.05, 4.69) is 26.7 Å². The van der Waals surface area contributed by atoms with Gasteiger partial charge in [-0.05, 0) is 52.7 Å². The Morgan fingerprint density at radius 2 is 2.00 bits per heavy atom. The van der Waals surface area contributed by atoms with Gasteiger partial charge in [-0.1, -0.05) is 6.07 Å². The van der Waals surface area contributed by atoms with Crippen LogP contribution in [0.2, 0.25) is 0 Å². The average Bonchev–Trinajstić information content (AvgIpc) is 2.48. The van der Waals surface area contributed by atoms with Gasteiger partial charge in [0.25, 0.3) is 5.91 Å². The number of methoxy groups -OCH3 is 1. The van der Waals surface area contributed by atoms with Gasteiger partial charge in [0, 0.05) is 11.8 Å². The highest BCUT2D eigenvalue weighted by Crippen LogP contribution is 2.28. The van der Waals surface area contributed by atoms with Gasteiger partial charge in [0.1, 0.15) is 5.75 Å². The highest BCUT2D eigenvalue weighted by Gasteiger charge is 2.12. The molecule has 1 amide bonds. The van der Waals surface area contributed by atoms with Crippen molar-refractivity contribution in [1.29, 1.82) is 0 Å². The molecule has 0 heterocycles. The second-order valence-electron chi connectivity index (χ2n) is 4.50. The van der Waals surface area contributed by atoms with Crippen molar-refractivity contribution in [2.24, 2.45) is 5.84 Å². The quantitative estimate of drug-likeness (QED) is 0.584. The van der Waals surface area contributed by atoms with E-state index in [4.69, 9.17) is 10.6 Å². The van der Waals surface area contributed by atoms with E-state index in [1.54, 1.807) is 25.3 Å². The minimum absolute atomic E-state index is 0.243. The van der Waals surface area contributed by atoms with Crippen LogP contribution in [-0.2, 0) is 0 Å². The molecular weight excluding hydrogens is 334 g/mol. The standard InChI is InChI=1S/C15H16BrN3O2/c1-9-3-5-11(13(7-9)19-17)15(20)18-10-4-6-12(16)14(8-10)21-2/h3-8,19H,17H2,1-2H3,(H,18,20). The molecule has 0 aromatic heterocycles. The largest absolute Gasteiger partial charge is 0.495 e. The summed E-state index contributed by atoms with van der Waals surface area (Å²) in [6, 6.07) is 10.7. The van der Waals surface area contributed by atoms with E-state index in [0.29, 0.717) is 22.7 Å². The molecule has 0 radical (unpaired) electrons. The van der Waals surface area contributed by atoms with E-state index in [0.717, 1.165) is 10.0 Å². The molecule has 0 spiro atoms. The molecule has 2 aromatic rings. The zero-order valence-corrected chi connectivity index (χ0v) is 13.3. The van der Waals surface area contributed by atoms with Crippen molar-refractivity contribution in [3.05, 3.63) is 52.0 Å². The zero-order valence-electron chi connectivity index (χ0n) is 11.7. The second-order valence-corrected chi connectivity index (χ2v) is 5.35. The van der Waals surface area contributed by atoms with Gasteiger partial charge in [-0.3, -0.25) is 10.6 Å². The molecule has 0 fully saturated rings. The molecule has 0 saturated heterocycles. The first-order chi connectivity index (χ1) is 10.0. The molecule has 6 heteroatoms. The summed E-state index contributed by atoms with van der Waals surface area (Å²) < 4.78 is 6.02. The Hall–Kier alpha value is -2.05.